The fourth-order valence-corrected chi connectivity index (χ4v) is 5.52. The summed E-state index contributed by atoms with van der Waals surface area (Å²) in [5.74, 6) is 0.210. The van der Waals surface area contributed by atoms with Crippen molar-refractivity contribution < 1.29 is 14.7 Å². The van der Waals surface area contributed by atoms with Crippen LogP contribution in [-0.2, 0) is 17.9 Å². The number of para-hydroxylation sites is 1. The van der Waals surface area contributed by atoms with Crippen LogP contribution < -0.4 is 5.32 Å². The number of unbranched alkanes of at least 4 members (excludes halogenated alkanes) is 1. The predicted octanol–water partition coefficient (Wildman–Crippen LogP) is 7.24. The maximum absolute atomic E-state index is 13.5. The summed E-state index contributed by atoms with van der Waals surface area (Å²) in [6.07, 6.45) is 7.37. The first-order valence-electron chi connectivity index (χ1n) is 14.6. The van der Waals surface area contributed by atoms with Crippen LogP contribution >= 0.6 is 0 Å². The Balaban J connectivity index is 1.32. The van der Waals surface area contributed by atoms with Crippen LogP contribution in [0, 0.1) is 0 Å². The van der Waals surface area contributed by atoms with Crippen molar-refractivity contribution in [2.45, 2.75) is 51.7 Å². The molecule has 0 fully saturated rings. The molecule has 0 atom stereocenters. The van der Waals surface area contributed by atoms with Crippen molar-refractivity contribution >= 4 is 37.0 Å². The number of hydrogen-bond donors (Lipinski definition) is 2. The Morgan fingerprint density at radius 2 is 1.86 bits per heavy atom. The van der Waals surface area contributed by atoms with Gasteiger partial charge in [-0.25, -0.2) is 9.67 Å². The molecule has 0 saturated heterocycles. The number of nitrogens with one attached hydrogen (secondary N) is 1. The zero-order valence-electron chi connectivity index (χ0n) is 24.9. The van der Waals surface area contributed by atoms with E-state index in [-0.39, 0.29) is 5.91 Å². The number of carbonyl (C=O) groups is 1. The van der Waals surface area contributed by atoms with E-state index in [0.717, 1.165) is 52.5 Å². The van der Waals surface area contributed by atoms with Gasteiger partial charge in [0.1, 0.15) is 6.73 Å². The van der Waals surface area contributed by atoms with E-state index in [1.165, 1.54) is 6.21 Å². The molecule has 3 aromatic carbocycles. The number of hydrogen-bond acceptors (Lipinski definition) is 6. The normalized spacial score (nSPS) is 11.9. The van der Waals surface area contributed by atoms with E-state index < -0.39 is 8.07 Å². The van der Waals surface area contributed by atoms with Gasteiger partial charge in [0.15, 0.2) is 0 Å². The van der Waals surface area contributed by atoms with Crippen LogP contribution in [0.15, 0.2) is 90.3 Å². The second-order valence-corrected chi connectivity index (χ2v) is 17.4. The third-order valence-corrected chi connectivity index (χ3v) is 8.88. The van der Waals surface area contributed by atoms with Crippen molar-refractivity contribution in [3.05, 3.63) is 96.4 Å². The summed E-state index contributed by atoms with van der Waals surface area (Å²) in [6, 6.07) is 24.7. The monoisotopic (exact) mass is 594 g/mol. The molecule has 10 heteroatoms. The summed E-state index contributed by atoms with van der Waals surface area (Å²) in [7, 11) is -1.14. The average molecular weight is 595 g/mol. The molecule has 2 N–H and O–H groups in total. The first-order chi connectivity index (χ1) is 20.8. The molecule has 222 valence electrons. The van der Waals surface area contributed by atoms with Gasteiger partial charge in [-0.2, -0.15) is 5.10 Å². The first-order valence-corrected chi connectivity index (χ1v) is 18.3. The summed E-state index contributed by atoms with van der Waals surface area (Å²) >= 11 is 0. The van der Waals surface area contributed by atoms with Crippen LogP contribution in [0.4, 0.5) is 5.95 Å². The third-order valence-electron chi connectivity index (χ3n) is 7.17. The lowest BCUT2D eigenvalue weighted by Gasteiger charge is -2.15. The number of oxime groups is 1. The highest BCUT2D eigenvalue weighted by molar-refractivity contribution is 6.76. The maximum Gasteiger partial charge on any atom is 0.258 e. The molecule has 0 aliphatic carbocycles. The molecule has 5 aromatic rings. The average Bonchev–Trinajstić information content (AvgIpc) is 3.61. The molecule has 0 saturated carbocycles. The maximum atomic E-state index is 13.5. The van der Waals surface area contributed by atoms with Crippen LogP contribution in [0.2, 0.25) is 25.7 Å². The van der Waals surface area contributed by atoms with E-state index in [2.05, 4.69) is 53.4 Å². The highest BCUT2D eigenvalue weighted by atomic mass is 28.3. The van der Waals surface area contributed by atoms with Gasteiger partial charge < -0.3 is 9.94 Å². The van der Waals surface area contributed by atoms with Crippen molar-refractivity contribution in [3.8, 4) is 16.8 Å². The Labute approximate surface area is 252 Å². The van der Waals surface area contributed by atoms with Gasteiger partial charge in [-0.3, -0.25) is 14.7 Å². The molecule has 1 amide bonds. The van der Waals surface area contributed by atoms with Crippen molar-refractivity contribution in [2.75, 3.05) is 11.9 Å². The number of aryl methyl sites for hydroxylation is 1. The second kappa shape index (κ2) is 13.6. The molecule has 0 radical (unpaired) electrons. The number of nitrogens with zero attached hydrogens (tertiary/aromatic N) is 5. The zero-order valence-corrected chi connectivity index (χ0v) is 25.9. The third kappa shape index (κ3) is 7.85. The molecule has 2 aromatic heterocycles. The van der Waals surface area contributed by atoms with Gasteiger partial charge >= 0.3 is 0 Å². The van der Waals surface area contributed by atoms with Gasteiger partial charge in [-0.15, -0.1) is 5.16 Å². The minimum absolute atomic E-state index is 0.243. The molecular weight excluding hydrogens is 556 g/mol. The van der Waals surface area contributed by atoms with Gasteiger partial charge in [0.25, 0.3) is 5.91 Å². The molecule has 0 spiro atoms. The molecule has 43 heavy (non-hydrogen) atoms. The molecule has 0 unspecified atom stereocenters. The van der Waals surface area contributed by atoms with Crippen LogP contribution in [0.1, 0.15) is 28.9 Å². The predicted molar refractivity (Wildman–Crippen MR) is 174 cm³/mol. The quantitative estimate of drug-likeness (QED) is 0.0492. The van der Waals surface area contributed by atoms with Gasteiger partial charge in [-0.05, 0) is 72.8 Å². The summed E-state index contributed by atoms with van der Waals surface area (Å²) in [6.45, 7) is 8.21. The molecule has 2 heterocycles. The fourth-order valence-electron chi connectivity index (χ4n) is 4.77. The molecule has 0 aliphatic rings. The lowest BCUT2D eigenvalue weighted by atomic mass is 10.0. The number of rotatable bonds is 13. The number of ether oxygens (including phenoxy) is 1. The smallest absolute Gasteiger partial charge is 0.258 e. The van der Waals surface area contributed by atoms with Crippen molar-refractivity contribution in [3.63, 3.8) is 0 Å². The number of anilines is 1. The zero-order chi connectivity index (χ0) is 30.2. The highest BCUT2D eigenvalue weighted by Gasteiger charge is 2.16. The van der Waals surface area contributed by atoms with E-state index >= 15 is 0 Å². The van der Waals surface area contributed by atoms with Crippen molar-refractivity contribution in [1.29, 1.82) is 0 Å². The lowest BCUT2D eigenvalue weighted by Crippen LogP contribution is -2.22. The number of amides is 1. The largest absolute Gasteiger partial charge is 0.411 e. The first kappa shape index (κ1) is 29.9. The Bertz CT molecular complexity index is 1700. The van der Waals surface area contributed by atoms with Gasteiger partial charge in [0.2, 0.25) is 5.95 Å². The highest BCUT2D eigenvalue weighted by Crippen LogP contribution is 2.26. The summed E-state index contributed by atoms with van der Waals surface area (Å²) in [5.41, 5.74) is 5.23. The molecular formula is C33H38N6O3Si. The van der Waals surface area contributed by atoms with Gasteiger partial charge in [0, 0.05) is 43.7 Å². The standard InChI is InChI=1S/C33H38N6O3Si/c1-43(2,3)19-18-42-24-39-31-16-15-26(21-28(31)22-34-39)25-10-9-11-27(20-25)32(40)37-33-36-29(12-7-8-17-35-41)23-38(33)30-13-5-4-6-14-30/h4-6,9-11,13-17,20-23,41H,7-8,12,18-19,24H2,1-3H3,(H,36,37,40)/b35-17+. The summed E-state index contributed by atoms with van der Waals surface area (Å²) in [4.78, 5) is 18.2. The second-order valence-electron chi connectivity index (χ2n) is 11.8. The van der Waals surface area contributed by atoms with E-state index in [1.807, 2.05) is 70.2 Å². The Hall–Kier alpha value is -4.54. The van der Waals surface area contributed by atoms with E-state index in [4.69, 9.17) is 14.9 Å². The van der Waals surface area contributed by atoms with Gasteiger partial charge in [0.05, 0.1) is 17.4 Å². The molecule has 0 aliphatic heterocycles. The number of imidazole rings is 1. The molecule has 5 rings (SSSR count). The minimum atomic E-state index is -1.14. The van der Waals surface area contributed by atoms with Crippen LogP contribution in [0.5, 0.6) is 0 Å². The summed E-state index contributed by atoms with van der Waals surface area (Å²) < 4.78 is 9.68. The van der Waals surface area contributed by atoms with Crippen LogP contribution in [0.25, 0.3) is 27.7 Å². The fraction of sp³-hybridized carbons (Fsp3) is 0.273. The van der Waals surface area contributed by atoms with Crippen molar-refractivity contribution in [1.82, 2.24) is 19.3 Å². The molecule has 9 nitrogen and oxygen atoms in total. The number of aromatic nitrogens is 4. The van der Waals surface area contributed by atoms with Gasteiger partial charge in [-0.1, -0.05) is 56.0 Å². The van der Waals surface area contributed by atoms with E-state index in [0.29, 0.717) is 31.1 Å². The topological polar surface area (TPSA) is 107 Å². The number of fused-ring (bicyclic) bond motifs is 1. The minimum Gasteiger partial charge on any atom is -0.411 e. The number of benzene rings is 3. The Morgan fingerprint density at radius 1 is 1.05 bits per heavy atom. The van der Waals surface area contributed by atoms with E-state index in [1.54, 1.807) is 6.07 Å². The SMILES string of the molecule is C[Si](C)(C)CCOCn1ncc2cc(-c3cccc(C(=O)Nc4nc(CCC/C=N/O)cn4-c4ccccc4)c3)ccc21. The summed E-state index contributed by atoms with van der Waals surface area (Å²) in [5, 5.41) is 20.3. The van der Waals surface area contributed by atoms with E-state index in [9.17, 15) is 4.79 Å². The van der Waals surface area contributed by atoms with Crippen LogP contribution in [-0.4, -0.2) is 51.3 Å². The number of carbonyl (C=O) groups excluding carboxylic acids is 1. The Morgan fingerprint density at radius 3 is 2.65 bits per heavy atom. The van der Waals surface area contributed by atoms with Crippen LogP contribution in [0.3, 0.4) is 0 Å². The lowest BCUT2D eigenvalue weighted by molar-refractivity contribution is 0.0817. The van der Waals surface area contributed by atoms with Crippen molar-refractivity contribution in [2.24, 2.45) is 5.16 Å². The molecule has 0 bridgehead atoms. The Kier molecular flexibility index (Phi) is 9.48.